The second-order valence-electron chi connectivity index (χ2n) is 18.8. The number of nitrogens with one attached hydrogen (secondary N) is 1. The number of hydrogen-bond donors (Lipinski definition) is 1. The van der Waals surface area contributed by atoms with Gasteiger partial charge in [0.05, 0.1) is 50.4 Å². The van der Waals surface area contributed by atoms with E-state index < -0.39 is 54.2 Å². The molecule has 0 saturated carbocycles. The molecule has 382 valence electrons. The minimum absolute atomic E-state index is 0.0469. The van der Waals surface area contributed by atoms with Gasteiger partial charge in [-0.25, -0.2) is 27.3 Å². The molecule has 4 aromatic carbocycles. The smallest absolute Gasteiger partial charge is 0.426 e. The summed E-state index contributed by atoms with van der Waals surface area (Å²) in [4.78, 5) is 33.3. The van der Waals surface area contributed by atoms with Crippen molar-refractivity contribution in [2.24, 2.45) is 0 Å². The molecule has 6 aromatic rings. The van der Waals surface area contributed by atoms with E-state index in [0.29, 0.717) is 41.2 Å². The molecule has 0 radical (unpaired) electrons. The fourth-order valence-electron chi connectivity index (χ4n) is 7.92. The summed E-state index contributed by atoms with van der Waals surface area (Å²) in [7, 11) is -5.62. The third kappa shape index (κ3) is 12.6. The van der Waals surface area contributed by atoms with Crippen molar-refractivity contribution in [3.63, 3.8) is 0 Å². The number of ether oxygens (including phenoxy) is 4. The zero-order valence-electron chi connectivity index (χ0n) is 41.6. The molecule has 3 heterocycles. The molecule has 20 nitrogen and oxygen atoms in total. The zero-order valence-corrected chi connectivity index (χ0v) is 43.3. The van der Waals surface area contributed by atoms with Crippen LogP contribution in [-0.4, -0.2) is 109 Å². The standard InChI is InChI=1S/C50H59N9O11S2/c1-49(2,3)59(72(64,65)70-48(61)56-29-10-11-30-56)42-28-27-40(41-13-12-14-43(51-41)52-47(60)69-50(4,5)6)44(46-53-55-58(54-46)33-36-19-25-39(68-9)26-20-36)45(42)71(62,63)57(31-34-15-21-37(66-7)22-16-34)32-35-17-23-38(67-8)24-18-35/h12-28H,10-11,29-33H2,1-9H3,(H,51,52,60). The van der Waals surface area contributed by atoms with Crippen LogP contribution in [0.4, 0.5) is 21.1 Å². The van der Waals surface area contributed by atoms with E-state index in [-0.39, 0.29) is 61.2 Å². The summed E-state index contributed by atoms with van der Waals surface area (Å²) in [6.45, 7) is 9.92. The number of likely N-dealkylation sites (tertiary alicyclic amines) is 1. The lowest BCUT2D eigenvalue weighted by atomic mass is 10.0. The molecule has 2 amide bonds. The van der Waals surface area contributed by atoms with Gasteiger partial charge in [-0.3, -0.25) is 5.32 Å². The summed E-state index contributed by atoms with van der Waals surface area (Å²) in [6, 6.07) is 28.3. The zero-order chi connectivity index (χ0) is 52.0. The fraction of sp³-hybridized carbons (Fsp3) is 0.360. The number of benzene rings is 4. The van der Waals surface area contributed by atoms with E-state index in [4.69, 9.17) is 33.2 Å². The summed E-state index contributed by atoms with van der Waals surface area (Å²) in [5, 5.41) is 16.2. The first-order valence-corrected chi connectivity index (χ1v) is 25.7. The average molecular weight is 1030 g/mol. The van der Waals surface area contributed by atoms with Gasteiger partial charge < -0.3 is 28.0 Å². The number of amides is 2. The molecular formula is C50H59N9O11S2. The van der Waals surface area contributed by atoms with Crippen LogP contribution < -0.4 is 23.8 Å². The van der Waals surface area contributed by atoms with Crippen molar-refractivity contribution >= 4 is 44.0 Å². The van der Waals surface area contributed by atoms with E-state index in [2.05, 4.69) is 15.6 Å². The summed E-state index contributed by atoms with van der Waals surface area (Å²) in [6.07, 6.45) is -0.599. The van der Waals surface area contributed by atoms with Crippen LogP contribution in [0.25, 0.3) is 22.6 Å². The molecule has 1 fully saturated rings. The summed E-state index contributed by atoms with van der Waals surface area (Å²) in [5.41, 5.74) is -0.879. The van der Waals surface area contributed by atoms with Crippen LogP contribution in [0.3, 0.4) is 0 Å². The molecule has 1 aliphatic rings. The van der Waals surface area contributed by atoms with Crippen molar-refractivity contribution < 1.29 is 49.6 Å². The van der Waals surface area contributed by atoms with Gasteiger partial charge in [-0.15, -0.1) is 10.2 Å². The van der Waals surface area contributed by atoms with Gasteiger partial charge in [-0.05, 0) is 137 Å². The average Bonchev–Trinajstić information content (AvgIpc) is 4.04. The number of pyridine rings is 1. The highest BCUT2D eigenvalue weighted by molar-refractivity contribution is 7.90. The summed E-state index contributed by atoms with van der Waals surface area (Å²) in [5.74, 6) is 1.51. The molecule has 7 rings (SSSR count). The lowest BCUT2D eigenvalue weighted by Gasteiger charge is -2.37. The Morgan fingerprint density at radius 1 is 0.708 bits per heavy atom. The predicted octanol–water partition coefficient (Wildman–Crippen LogP) is 8.30. The van der Waals surface area contributed by atoms with Crippen molar-refractivity contribution in [2.75, 3.05) is 44.0 Å². The topological polar surface area (TPSA) is 227 Å². The highest BCUT2D eigenvalue weighted by atomic mass is 32.2. The second-order valence-corrected chi connectivity index (χ2v) is 22.0. The fourth-order valence-corrected chi connectivity index (χ4v) is 11.2. The van der Waals surface area contributed by atoms with Crippen LogP contribution in [0.15, 0.2) is 108 Å². The SMILES string of the molecule is COc1ccc(CN(Cc2ccc(OC)cc2)S(=O)(=O)c2c(N(C(C)(C)C)S(=O)(=O)OC(=O)N3CCCC3)ccc(-c3cccc(NC(=O)OC(C)(C)C)n3)c2-c2nnn(Cc3ccc(OC)cc3)n2)cc1. The minimum Gasteiger partial charge on any atom is -0.497 e. The third-order valence-corrected chi connectivity index (χ3v) is 14.6. The monoisotopic (exact) mass is 1030 g/mol. The Morgan fingerprint density at radius 2 is 1.25 bits per heavy atom. The van der Waals surface area contributed by atoms with Crippen molar-refractivity contribution in [3.05, 3.63) is 120 Å². The largest absolute Gasteiger partial charge is 0.497 e. The molecule has 2 aromatic heterocycles. The number of nitrogens with zero attached hydrogens (tertiary/aromatic N) is 8. The number of tetrazole rings is 1. The van der Waals surface area contributed by atoms with Gasteiger partial charge in [0, 0.05) is 31.7 Å². The number of methoxy groups -OCH3 is 3. The first-order chi connectivity index (χ1) is 34.1. The van der Waals surface area contributed by atoms with Gasteiger partial charge >= 0.3 is 22.5 Å². The van der Waals surface area contributed by atoms with Crippen LogP contribution in [0.5, 0.6) is 17.2 Å². The molecule has 22 heteroatoms. The molecule has 1 saturated heterocycles. The van der Waals surface area contributed by atoms with Crippen LogP contribution in [0.2, 0.25) is 0 Å². The van der Waals surface area contributed by atoms with E-state index in [1.54, 1.807) is 121 Å². The van der Waals surface area contributed by atoms with Gasteiger partial charge in [-0.1, -0.05) is 42.5 Å². The van der Waals surface area contributed by atoms with Crippen molar-refractivity contribution in [1.82, 2.24) is 34.4 Å². The highest BCUT2D eigenvalue weighted by Gasteiger charge is 2.44. The van der Waals surface area contributed by atoms with E-state index in [1.807, 2.05) is 12.1 Å². The Hall–Kier alpha value is -7.30. The van der Waals surface area contributed by atoms with Gasteiger partial charge in [0.15, 0.2) is 0 Å². The minimum atomic E-state index is -5.18. The van der Waals surface area contributed by atoms with Gasteiger partial charge in [-0.2, -0.15) is 17.5 Å². The first kappa shape index (κ1) is 52.5. The van der Waals surface area contributed by atoms with E-state index in [0.717, 1.165) is 9.87 Å². The molecule has 72 heavy (non-hydrogen) atoms. The maximum Gasteiger partial charge on any atom is 0.426 e. The van der Waals surface area contributed by atoms with Crippen LogP contribution in [-0.2, 0) is 48.9 Å². The molecule has 0 aliphatic carbocycles. The Kier molecular flexibility index (Phi) is 15.7. The molecular weight excluding hydrogens is 967 g/mol. The third-order valence-electron chi connectivity index (χ3n) is 11.2. The summed E-state index contributed by atoms with van der Waals surface area (Å²) >= 11 is 0. The second kappa shape index (κ2) is 21.6. The van der Waals surface area contributed by atoms with Crippen molar-refractivity contribution in [2.45, 2.75) is 90.1 Å². The quantitative estimate of drug-likeness (QED) is 0.0906. The van der Waals surface area contributed by atoms with Gasteiger partial charge in [0.25, 0.3) is 0 Å². The Balaban J connectivity index is 1.53. The lowest BCUT2D eigenvalue weighted by molar-refractivity contribution is 0.0635. The number of hydrogen-bond acceptors (Lipinski definition) is 15. The van der Waals surface area contributed by atoms with E-state index in [1.165, 1.54) is 46.4 Å². The predicted molar refractivity (Wildman–Crippen MR) is 269 cm³/mol. The Morgan fingerprint density at radius 3 is 1.76 bits per heavy atom. The van der Waals surface area contributed by atoms with E-state index in [9.17, 15) is 18.0 Å². The van der Waals surface area contributed by atoms with Crippen LogP contribution >= 0.6 is 0 Å². The molecule has 0 unspecified atom stereocenters. The Bertz CT molecular complexity index is 3050. The maximum atomic E-state index is 16.4. The molecule has 1 aliphatic heterocycles. The molecule has 1 N–H and O–H groups in total. The van der Waals surface area contributed by atoms with Crippen LogP contribution in [0, 0.1) is 0 Å². The maximum absolute atomic E-state index is 16.4. The number of anilines is 2. The number of aromatic nitrogens is 5. The summed E-state index contributed by atoms with van der Waals surface area (Å²) < 4.78 is 91.7. The highest BCUT2D eigenvalue weighted by Crippen LogP contribution is 2.45. The number of rotatable bonds is 17. The normalized spacial score (nSPS) is 13.2. The molecule has 0 bridgehead atoms. The number of sulfonamides is 1. The molecule has 0 spiro atoms. The van der Waals surface area contributed by atoms with Crippen molar-refractivity contribution in [1.29, 1.82) is 0 Å². The Labute approximate surface area is 420 Å². The molecule has 0 atom stereocenters. The number of carbonyl (C=O) groups excluding carboxylic acids is 2. The van der Waals surface area contributed by atoms with Gasteiger partial charge in [0.2, 0.25) is 15.8 Å². The first-order valence-electron chi connectivity index (χ1n) is 22.9. The van der Waals surface area contributed by atoms with Crippen molar-refractivity contribution in [3.8, 4) is 39.9 Å². The van der Waals surface area contributed by atoms with Gasteiger partial charge in [0.1, 0.15) is 33.6 Å². The van der Waals surface area contributed by atoms with E-state index >= 15 is 8.42 Å². The van der Waals surface area contributed by atoms with Crippen LogP contribution in [0.1, 0.15) is 71.1 Å². The lowest BCUT2D eigenvalue weighted by Crippen LogP contribution is -2.49. The number of carbonyl (C=O) groups is 2.